The Hall–Kier alpha value is -2.72. The number of aromatic nitrogens is 2. The largest absolute Gasteiger partial charge is 0.306 e. The van der Waals surface area contributed by atoms with Crippen molar-refractivity contribution in [1.29, 1.82) is 0 Å². The van der Waals surface area contributed by atoms with E-state index in [9.17, 15) is 13.2 Å². The van der Waals surface area contributed by atoms with Crippen molar-refractivity contribution < 1.29 is 16.0 Å². The summed E-state index contributed by atoms with van der Waals surface area (Å²) < 4.78 is 48.0. The molecule has 2 atom stereocenters. The fraction of sp³-hybridized carbons (Fsp3) is 0.500. The number of sulfonamides is 1. The molecule has 1 aromatic heterocycles. The van der Waals surface area contributed by atoms with Crippen molar-refractivity contribution in [2.75, 3.05) is 4.90 Å². The van der Waals surface area contributed by atoms with E-state index in [2.05, 4.69) is 9.82 Å². The van der Waals surface area contributed by atoms with Gasteiger partial charge in [0.2, 0.25) is 16.0 Å². The average Bonchev–Trinajstić information content (AvgIpc) is 3.14. The number of benzene rings is 1. The minimum absolute atomic E-state index is 0.00262. The fourth-order valence-electron chi connectivity index (χ4n) is 4.84. The summed E-state index contributed by atoms with van der Waals surface area (Å²) in [6.45, 7) is -0.376. The van der Waals surface area contributed by atoms with Crippen molar-refractivity contribution >= 4 is 27.6 Å². The summed E-state index contributed by atoms with van der Waals surface area (Å²) in [7, 11) is -2.15. The third kappa shape index (κ3) is 3.07. The number of nitrogens with one attached hydrogen (secondary N) is 1. The molecule has 2 fully saturated rings. The maximum Gasteiger partial charge on any atom is 0.263 e. The summed E-state index contributed by atoms with van der Waals surface area (Å²) in [5.41, 5.74) is 0.503. The molecule has 1 N–H and O–H groups in total. The third-order valence-corrected chi connectivity index (χ3v) is 8.41. The van der Waals surface area contributed by atoms with Gasteiger partial charge in [0.25, 0.3) is 5.91 Å². The van der Waals surface area contributed by atoms with Gasteiger partial charge < -0.3 is 4.90 Å². The topological polar surface area (TPSA) is 99.9 Å². The van der Waals surface area contributed by atoms with Crippen LogP contribution in [0.2, 0.25) is 0 Å². The molecule has 0 spiro atoms. The van der Waals surface area contributed by atoms with E-state index in [1.807, 2.05) is 11.8 Å². The lowest BCUT2D eigenvalue weighted by molar-refractivity contribution is 0.0832. The highest BCUT2D eigenvalue weighted by atomic mass is 32.2. The molecule has 2 aromatic rings. The molecule has 10 heteroatoms. The molecular weight excluding hydrogens is 428 g/mol. The third-order valence-electron chi connectivity index (χ3n) is 6.77. The number of fused-ring (bicyclic) bond motifs is 5. The Morgan fingerprint density at radius 3 is 2.84 bits per heavy atom. The van der Waals surface area contributed by atoms with Gasteiger partial charge in [-0.05, 0) is 57.2 Å². The van der Waals surface area contributed by atoms with Crippen molar-refractivity contribution in [3.05, 3.63) is 41.7 Å². The molecule has 0 radical (unpaired) electrons. The summed E-state index contributed by atoms with van der Waals surface area (Å²) in [5, 5.41) is 4.07. The van der Waals surface area contributed by atoms with Gasteiger partial charge in [0.15, 0.2) is 0 Å². The normalized spacial score (nSPS) is 26.8. The first-order valence-corrected chi connectivity index (χ1v) is 12.4. The zero-order chi connectivity index (χ0) is 24.0. The van der Waals surface area contributed by atoms with Gasteiger partial charge in [-0.25, -0.2) is 18.1 Å². The molecule has 0 saturated heterocycles. The molecule has 168 valence electrons. The molecule has 0 unspecified atom stereocenters. The van der Waals surface area contributed by atoms with E-state index < -0.39 is 28.0 Å². The van der Waals surface area contributed by atoms with Gasteiger partial charge in [-0.1, -0.05) is 0 Å². The first-order valence-electron chi connectivity index (χ1n) is 11.9. The van der Waals surface area contributed by atoms with Crippen LogP contribution in [0.5, 0.6) is 0 Å². The second kappa shape index (κ2) is 6.64. The van der Waals surface area contributed by atoms with Gasteiger partial charge >= 0.3 is 0 Å². The van der Waals surface area contributed by atoms with Gasteiger partial charge in [0, 0.05) is 24.3 Å². The van der Waals surface area contributed by atoms with Crippen LogP contribution in [0.3, 0.4) is 0 Å². The van der Waals surface area contributed by atoms with E-state index in [0.717, 1.165) is 37.0 Å². The van der Waals surface area contributed by atoms with Crippen LogP contribution in [0.4, 0.5) is 5.69 Å². The van der Waals surface area contributed by atoms with Crippen LogP contribution in [0.1, 0.15) is 57.7 Å². The second-order valence-corrected chi connectivity index (χ2v) is 11.0. The van der Waals surface area contributed by atoms with Gasteiger partial charge in [0.1, 0.15) is 0 Å². The Bertz CT molecular complexity index is 1350. The Balaban J connectivity index is 1.49. The number of carbonyl (C=O) groups excluding carboxylic acids is 1. The number of guanidine groups is 1. The second-order valence-electron chi connectivity index (χ2n) is 9.36. The van der Waals surface area contributed by atoms with Gasteiger partial charge in [-0.3, -0.25) is 14.4 Å². The molecule has 1 aromatic carbocycles. The molecule has 6 rings (SSSR count). The SMILES string of the molecule is [2H]C([2H])(c1cnn(C)c1)N1C(=O)c2cc(S(=O)(=O)NC3(C)CC3)ccc2N2C1=N[C@H]1CCC[C@H]12. The lowest BCUT2D eigenvalue weighted by Gasteiger charge is -2.38. The van der Waals surface area contributed by atoms with E-state index in [0.29, 0.717) is 5.69 Å². The van der Waals surface area contributed by atoms with Crippen molar-refractivity contribution in [2.24, 2.45) is 12.0 Å². The number of rotatable bonds is 5. The van der Waals surface area contributed by atoms with Crippen LogP contribution in [-0.2, 0) is 23.6 Å². The highest BCUT2D eigenvalue weighted by Crippen LogP contribution is 2.42. The standard InChI is InChI=1S/C22H26N6O3S/c1-22(8-9-22)25-32(30,31)15-6-7-18-16(10-15)20(29)27(13-14-11-23-26(2)12-14)21-24-17-4-3-5-19(17)28(18)21/h6-7,10-12,17,19,25H,3-5,8-9,13H2,1-2H3/t17-,19+/m0/s1/i13D2. The summed E-state index contributed by atoms with van der Waals surface area (Å²) >= 11 is 0. The van der Waals surface area contributed by atoms with E-state index in [4.69, 9.17) is 7.73 Å². The summed E-state index contributed by atoms with van der Waals surface area (Å²) in [6, 6.07) is 4.54. The summed E-state index contributed by atoms with van der Waals surface area (Å²) in [4.78, 5) is 21.6. The summed E-state index contributed by atoms with van der Waals surface area (Å²) in [6.07, 6.45) is 7.20. The smallest absolute Gasteiger partial charge is 0.263 e. The van der Waals surface area contributed by atoms with E-state index in [1.165, 1.54) is 29.2 Å². The molecule has 2 aliphatic carbocycles. The quantitative estimate of drug-likeness (QED) is 0.742. The van der Waals surface area contributed by atoms with Crippen LogP contribution in [-0.4, -0.2) is 52.6 Å². The minimum atomic E-state index is -3.83. The highest BCUT2D eigenvalue weighted by molar-refractivity contribution is 7.89. The minimum Gasteiger partial charge on any atom is -0.306 e. The number of carbonyl (C=O) groups is 1. The molecule has 3 heterocycles. The van der Waals surface area contributed by atoms with Gasteiger partial charge in [-0.15, -0.1) is 0 Å². The Morgan fingerprint density at radius 1 is 1.31 bits per heavy atom. The molecule has 32 heavy (non-hydrogen) atoms. The monoisotopic (exact) mass is 456 g/mol. The number of amides is 1. The van der Waals surface area contributed by atoms with Crippen molar-refractivity contribution in [1.82, 2.24) is 19.4 Å². The van der Waals surface area contributed by atoms with Gasteiger partial charge in [-0.2, -0.15) is 5.10 Å². The summed E-state index contributed by atoms with van der Waals surface area (Å²) in [5.74, 6) is -0.339. The lowest BCUT2D eigenvalue weighted by atomic mass is 10.0. The molecule has 4 aliphatic rings. The number of anilines is 1. The number of aryl methyl sites for hydroxylation is 1. The van der Waals surface area contributed by atoms with Crippen LogP contribution in [0.15, 0.2) is 40.5 Å². The maximum atomic E-state index is 13.8. The number of nitrogens with zero attached hydrogens (tertiary/aromatic N) is 5. The number of hydrogen-bond acceptors (Lipinski definition) is 6. The van der Waals surface area contributed by atoms with Crippen LogP contribution in [0, 0.1) is 0 Å². The van der Waals surface area contributed by atoms with Crippen molar-refractivity contribution in [3.63, 3.8) is 0 Å². The van der Waals surface area contributed by atoms with Gasteiger partial charge in [0.05, 0.1) is 43.7 Å². The zero-order valence-corrected chi connectivity index (χ0v) is 18.8. The van der Waals surface area contributed by atoms with Crippen molar-refractivity contribution in [3.8, 4) is 0 Å². The first-order chi connectivity index (χ1) is 16.0. The highest BCUT2D eigenvalue weighted by Gasteiger charge is 2.48. The molecule has 9 nitrogen and oxygen atoms in total. The number of hydrogen-bond donors (Lipinski definition) is 1. The van der Waals surface area contributed by atoms with E-state index >= 15 is 0 Å². The first kappa shape index (κ1) is 17.8. The Labute approximate surface area is 190 Å². The molecule has 1 amide bonds. The lowest BCUT2D eigenvalue weighted by Crippen LogP contribution is -2.52. The predicted molar refractivity (Wildman–Crippen MR) is 119 cm³/mol. The van der Waals surface area contributed by atoms with Crippen LogP contribution >= 0.6 is 0 Å². The molecule has 0 bridgehead atoms. The van der Waals surface area contributed by atoms with E-state index in [1.54, 1.807) is 13.1 Å². The number of aliphatic imine (C=N–C) groups is 1. The maximum absolute atomic E-state index is 13.8. The average molecular weight is 457 g/mol. The van der Waals surface area contributed by atoms with Crippen LogP contribution in [0.25, 0.3) is 0 Å². The molecule has 2 saturated carbocycles. The predicted octanol–water partition coefficient (Wildman–Crippen LogP) is 2.00. The van der Waals surface area contributed by atoms with E-state index in [-0.39, 0.29) is 34.1 Å². The Morgan fingerprint density at radius 2 is 2.12 bits per heavy atom. The van der Waals surface area contributed by atoms with Crippen molar-refractivity contribution in [2.45, 2.75) is 68.0 Å². The Kier molecular flexibility index (Phi) is 3.69. The molecular formula is C22H26N6O3S. The van der Waals surface area contributed by atoms with Crippen LogP contribution < -0.4 is 9.62 Å². The fourth-order valence-corrected chi connectivity index (χ4v) is 6.33. The molecule has 2 aliphatic heterocycles. The zero-order valence-electron chi connectivity index (χ0n) is 19.9.